The van der Waals surface area contributed by atoms with Gasteiger partial charge in [0.1, 0.15) is 0 Å². The smallest absolute Gasteiger partial charge is 0.288 e. The van der Waals surface area contributed by atoms with Crippen LogP contribution < -0.4 is 5.56 Å². The van der Waals surface area contributed by atoms with E-state index in [0.717, 1.165) is 5.52 Å². The Morgan fingerprint density at radius 1 is 1.36 bits per heavy atom. The van der Waals surface area contributed by atoms with Gasteiger partial charge >= 0.3 is 0 Å². The minimum atomic E-state index is -0.320. The topological polar surface area (TPSA) is 58.6 Å². The molecule has 2 rings (SSSR count). The van der Waals surface area contributed by atoms with E-state index < -0.39 is 0 Å². The van der Waals surface area contributed by atoms with E-state index in [1.54, 1.807) is 18.5 Å². The van der Waals surface area contributed by atoms with Crippen LogP contribution in [0.1, 0.15) is 0 Å². The van der Waals surface area contributed by atoms with Crippen molar-refractivity contribution in [3.8, 4) is 0 Å². The molecule has 4 heteroatoms. The molecule has 54 valence electrons. The number of nitrogens with zero attached hydrogens (tertiary/aromatic N) is 2. The third kappa shape index (κ3) is 0.980. The van der Waals surface area contributed by atoms with Gasteiger partial charge in [-0.15, -0.1) is 0 Å². The second-order valence-electron chi connectivity index (χ2n) is 2.13. The van der Waals surface area contributed by atoms with Crippen molar-refractivity contribution in [3.05, 3.63) is 35.0 Å². The molecular weight excluding hydrogens is 142 g/mol. The lowest BCUT2D eigenvalue weighted by Crippen LogP contribution is -1.98. The monoisotopic (exact) mass is 147 g/mol. The van der Waals surface area contributed by atoms with Crippen molar-refractivity contribution in [3.63, 3.8) is 0 Å². The van der Waals surface area contributed by atoms with Crippen LogP contribution in [-0.2, 0) is 0 Å². The van der Waals surface area contributed by atoms with Gasteiger partial charge in [0.2, 0.25) is 0 Å². The van der Waals surface area contributed by atoms with Gasteiger partial charge in [0, 0.05) is 6.20 Å². The highest BCUT2D eigenvalue weighted by molar-refractivity contribution is 5.72. The molecule has 0 aliphatic heterocycles. The molecule has 1 N–H and O–H groups in total. The summed E-state index contributed by atoms with van der Waals surface area (Å²) in [6.07, 6.45) is 4.48. The number of rotatable bonds is 0. The van der Waals surface area contributed by atoms with E-state index in [1.165, 1.54) is 6.20 Å². The Balaban J connectivity index is 3.00. The van der Waals surface area contributed by atoms with Gasteiger partial charge in [0.25, 0.3) is 5.56 Å². The van der Waals surface area contributed by atoms with Crippen LogP contribution in [0.15, 0.2) is 29.5 Å². The first kappa shape index (κ1) is 6.03. The maximum absolute atomic E-state index is 10.8. The Bertz CT molecular complexity index is 435. The van der Waals surface area contributed by atoms with E-state index in [1.807, 2.05) is 0 Å². The zero-order valence-electron chi connectivity index (χ0n) is 5.61. The van der Waals surface area contributed by atoms with Gasteiger partial charge in [-0.3, -0.25) is 9.78 Å². The Labute approximate surface area is 61.9 Å². The Morgan fingerprint density at radius 3 is 3.18 bits per heavy atom. The van der Waals surface area contributed by atoms with Gasteiger partial charge in [0.15, 0.2) is 0 Å². The summed E-state index contributed by atoms with van der Waals surface area (Å²) in [4.78, 5) is 21.2. The van der Waals surface area contributed by atoms with Crippen molar-refractivity contribution >= 4 is 11.0 Å². The van der Waals surface area contributed by atoms with E-state index in [4.69, 9.17) is 0 Å². The number of hydrogen-bond donors (Lipinski definition) is 1. The highest BCUT2D eigenvalue weighted by Gasteiger charge is 1.91. The first-order chi connectivity index (χ1) is 5.36. The lowest BCUT2D eigenvalue weighted by molar-refractivity contribution is 1.26. The summed E-state index contributed by atoms with van der Waals surface area (Å²) in [6.45, 7) is 0. The molecule has 0 unspecified atom stereocenters. The molecule has 11 heavy (non-hydrogen) atoms. The predicted octanol–water partition coefficient (Wildman–Crippen LogP) is 0.318. The number of nitrogens with one attached hydrogen (secondary N) is 1. The van der Waals surface area contributed by atoms with Crippen molar-refractivity contribution in [2.24, 2.45) is 0 Å². The first-order valence-electron chi connectivity index (χ1n) is 3.16. The van der Waals surface area contributed by atoms with E-state index in [0.29, 0.717) is 5.52 Å². The summed E-state index contributed by atoms with van der Waals surface area (Å²) < 4.78 is 0. The number of hydrogen-bond acceptors (Lipinski definition) is 3. The summed E-state index contributed by atoms with van der Waals surface area (Å²) in [7, 11) is 0. The minimum absolute atomic E-state index is 0.320. The summed E-state index contributed by atoms with van der Waals surface area (Å²) in [5.41, 5.74) is 1.10. The molecule has 2 heterocycles. The van der Waals surface area contributed by atoms with Crippen molar-refractivity contribution in [2.75, 3.05) is 0 Å². The molecule has 0 amide bonds. The average molecular weight is 147 g/mol. The van der Waals surface area contributed by atoms with Crippen LogP contribution in [-0.4, -0.2) is 15.0 Å². The fourth-order valence-corrected chi connectivity index (χ4v) is 0.898. The fourth-order valence-electron chi connectivity index (χ4n) is 0.898. The molecule has 2 aromatic rings. The zero-order chi connectivity index (χ0) is 7.68. The number of aromatic amines is 1. The Morgan fingerprint density at radius 2 is 2.27 bits per heavy atom. The molecule has 0 saturated carbocycles. The second-order valence-corrected chi connectivity index (χ2v) is 2.13. The van der Waals surface area contributed by atoms with E-state index in [2.05, 4.69) is 15.0 Å². The van der Waals surface area contributed by atoms with Crippen molar-refractivity contribution in [2.45, 2.75) is 0 Å². The zero-order valence-corrected chi connectivity index (χ0v) is 5.61. The van der Waals surface area contributed by atoms with E-state index >= 15 is 0 Å². The summed E-state index contributed by atoms with van der Waals surface area (Å²) in [5.74, 6) is 0. The maximum Gasteiger partial charge on any atom is 0.288 e. The summed E-state index contributed by atoms with van der Waals surface area (Å²) in [6, 6.07) is 1.73. The Kier molecular flexibility index (Phi) is 1.18. The second kappa shape index (κ2) is 2.16. The summed E-state index contributed by atoms with van der Waals surface area (Å²) >= 11 is 0. The van der Waals surface area contributed by atoms with Crippen LogP contribution in [0.5, 0.6) is 0 Å². The molecule has 2 aromatic heterocycles. The average Bonchev–Trinajstić information content (AvgIpc) is 2.31. The lowest BCUT2D eigenvalue weighted by atomic mass is 10.5. The molecule has 4 nitrogen and oxygen atoms in total. The molecule has 0 aromatic carbocycles. The quantitative estimate of drug-likeness (QED) is 0.583. The van der Waals surface area contributed by atoms with Crippen LogP contribution in [0, 0.1) is 0 Å². The summed E-state index contributed by atoms with van der Waals surface area (Å²) in [5, 5.41) is 0. The molecule has 0 saturated heterocycles. The molecule has 0 aliphatic carbocycles. The van der Waals surface area contributed by atoms with Crippen LogP contribution >= 0.6 is 0 Å². The van der Waals surface area contributed by atoms with Gasteiger partial charge in [-0.2, -0.15) is 0 Å². The van der Waals surface area contributed by atoms with E-state index in [-0.39, 0.29) is 5.56 Å². The van der Waals surface area contributed by atoms with Gasteiger partial charge in [-0.1, -0.05) is 0 Å². The third-order valence-corrected chi connectivity index (χ3v) is 1.38. The molecule has 0 bridgehead atoms. The molecule has 0 atom stereocenters. The highest BCUT2D eigenvalue weighted by Crippen LogP contribution is 2.01. The molecule has 0 aliphatic rings. The normalized spacial score (nSPS) is 10.2. The lowest BCUT2D eigenvalue weighted by Gasteiger charge is -1.72. The Hall–Kier alpha value is -1.71. The van der Waals surface area contributed by atoms with Gasteiger partial charge in [-0.25, -0.2) is 4.98 Å². The number of H-pyrrole nitrogens is 1. The van der Waals surface area contributed by atoms with Crippen LogP contribution in [0.3, 0.4) is 0 Å². The molecular formula is C7H5N3O. The molecule has 0 radical (unpaired) electrons. The maximum atomic E-state index is 10.8. The van der Waals surface area contributed by atoms with Crippen LogP contribution in [0.25, 0.3) is 11.0 Å². The molecule has 0 fully saturated rings. The van der Waals surface area contributed by atoms with E-state index in [9.17, 15) is 4.79 Å². The fraction of sp³-hybridized carbons (Fsp3) is 0. The largest absolute Gasteiger partial charge is 0.359 e. The van der Waals surface area contributed by atoms with Gasteiger partial charge < -0.3 is 4.98 Å². The van der Waals surface area contributed by atoms with Crippen molar-refractivity contribution < 1.29 is 0 Å². The standard InChI is InChI=1S/C7H5N3O/c11-7-4-8-3-6-5(10-7)1-2-9-6/h1-4,9H. The SMILES string of the molecule is O=c1cncc2[nH]ccc2n1. The number of aromatic nitrogens is 3. The van der Waals surface area contributed by atoms with Crippen molar-refractivity contribution in [1.82, 2.24) is 15.0 Å². The number of fused-ring (bicyclic) bond motifs is 1. The van der Waals surface area contributed by atoms with Crippen LogP contribution in [0.2, 0.25) is 0 Å². The van der Waals surface area contributed by atoms with Crippen LogP contribution in [0.4, 0.5) is 0 Å². The third-order valence-electron chi connectivity index (χ3n) is 1.38. The van der Waals surface area contributed by atoms with Gasteiger partial charge in [-0.05, 0) is 6.07 Å². The van der Waals surface area contributed by atoms with Gasteiger partial charge in [0.05, 0.1) is 23.4 Å². The first-order valence-corrected chi connectivity index (χ1v) is 3.16. The minimum Gasteiger partial charge on any atom is -0.359 e. The molecule has 0 spiro atoms. The van der Waals surface area contributed by atoms with Crippen molar-refractivity contribution in [1.29, 1.82) is 0 Å². The predicted molar refractivity (Wildman–Crippen MR) is 40.2 cm³/mol. The highest BCUT2D eigenvalue weighted by atomic mass is 16.1.